The number of oxazole rings is 1. The molecule has 0 radical (unpaired) electrons. The number of amides is 1. The number of fused-ring (bicyclic) bond motifs is 1. The smallest absolute Gasteiger partial charge is 0.262 e. The minimum absolute atomic E-state index is 0.0627. The Hall–Kier alpha value is -2.82. The Morgan fingerprint density at radius 1 is 1.25 bits per heavy atom. The van der Waals surface area contributed by atoms with Crippen LogP contribution in [0.4, 0.5) is 5.69 Å². The van der Waals surface area contributed by atoms with Crippen molar-refractivity contribution in [2.24, 2.45) is 0 Å². The SMILES string of the molecule is CCC(C)c1ccc(NC(=O)COc2ccc3ncoc3c2)cc1. The molecule has 24 heavy (non-hydrogen) atoms. The fraction of sp³-hybridized carbons (Fsp3) is 0.263. The summed E-state index contributed by atoms with van der Waals surface area (Å²) in [5.41, 5.74) is 3.43. The molecule has 1 N–H and O–H groups in total. The average molecular weight is 324 g/mol. The van der Waals surface area contributed by atoms with E-state index in [-0.39, 0.29) is 12.5 Å². The number of anilines is 1. The molecule has 0 saturated carbocycles. The molecule has 1 atom stereocenters. The van der Waals surface area contributed by atoms with Crippen molar-refractivity contribution < 1.29 is 13.9 Å². The lowest BCUT2D eigenvalue weighted by Crippen LogP contribution is -2.20. The van der Waals surface area contributed by atoms with Gasteiger partial charge in [0.2, 0.25) is 0 Å². The monoisotopic (exact) mass is 324 g/mol. The minimum atomic E-state index is -0.205. The van der Waals surface area contributed by atoms with Crippen molar-refractivity contribution in [1.82, 2.24) is 4.98 Å². The van der Waals surface area contributed by atoms with Crippen molar-refractivity contribution in [2.75, 3.05) is 11.9 Å². The van der Waals surface area contributed by atoms with E-state index in [4.69, 9.17) is 9.15 Å². The van der Waals surface area contributed by atoms with Crippen LogP contribution >= 0.6 is 0 Å². The van der Waals surface area contributed by atoms with E-state index in [9.17, 15) is 4.79 Å². The van der Waals surface area contributed by atoms with Gasteiger partial charge in [-0.05, 0) is 42.2 Å². The third-order valence-corrected chi connectivity index (χ3v) is 4.05. The molecule has 1 unspecified atom stereocenters. The van der Waals surface area contributed by atoms with Crippen molar-refractivity contribution in [3.05, 3.63) is 54.4 Å². The Morgan fingerprint density at radius 3 is 2.79 bits per heavy atom. The Morgan fingerprint density at radius 2 is 2.04 bits per heavy atom. The molecule has 1 heterocycles. The number of hydrogen-bond donors (Lipinski definition) is 1. The van der Waals surface area contributed by atoms with Gasteiger partial charge in [0.05, 0.1) is 0 Å². The number of nitrogens with zero attached hydrogens (tertiary/aromatic N) is 1. The van der Waals surface area contributed by atoms with Crippen LogP contribution in [0.3, 0.4) is 0 Å². The summed E-state index contributed by atoms with van der Waals surface area (Å²) in [4.78, 5) is 16.0. The first-order valence-electron chi connectivity index (χ1n) is 8.01. The highest BCUT2D eigenvalue weighted by atomic mass is 16.5. The number of rotatable bonds is 6. The van der Waals surface area contributed by atoms with Gasteiger partial charge in [0.25, 0.3) is 5.91 Å². The van der Waals surface area contributed by atoms with E-state index in [1.165, 1.54) is 12.0 Å². The lowest BCUT2D eigenvalue weighted by molar-refractivity contribution is -0.118. The predicted octanol–water partition coefficient (Wildman–Crippen LogP) is 4.36. The summed E-state index contributed by atoms with van der Waals surface area (Å²) in [5, 5.41) is 2.83. The zero-order valence-corrected chi connectivity index (χ0v) is 13.8. The fourth-order valence-corrected chi connectivity index (χ4v) is 2.40. The van der Waals surface area contributed by atoms with Crippen LogP contribution in [0.5, 0.6) is 5.75 Å². The van der Waals surface area contributed by atoms with Gasteiger partial charge in [-0.1, -0.05) is 26.0 Å². The van der Waals surface area contributed by atoms with Crippen LogP contribution in [0, 0.1) is 0 Å². The molecular weight excluding hydrogens is 304 g/mol. The standard InChI is InChI=1S/C19H20N2O3/c1-3-13(2)14-4-6-15(7-5-14)21-19(22)11-23-16-8-9-17-18(10-16)24-12-20-17/h4-10,12-13H,3,11H2,1-2H3,(H,21,22). The van der Waals surface area contributed by atoms with Crippen LogP contribution < -0.4 is 10.1 Å². The van der Waals surface area contributed by atoms with E-state index in [0.29, 0.717) is 17.3 Å². The minimum Gasteiger partial charge on any atom is -0.484 e. The van der Waals surface area contributed by atoms with E-state index < -0.39 is 0 Å². The average Bonchev–Trinajstić information content (AvgIpc) is 3.07. The summed E-state index contributed by atoms with van der Waals surface area (Å²) < 4.78 is 10.7. The number of aromatic nitrogens is 1. The zero-order valence-electron chi connectivity index (χ0n) is 13.8. The van der Waals surface area contributed by atoms with Crippen molar-refractivity contribution >= 4 is 22.7 Å². The van der Waals surface area contributed by atoms with Crippen LogP contribution in [0.15, 0.2) is 53.3 Å². The van der Waals surface area contributed by atoms with Crippen LogP contribution in [-0.2, 0) is 4.79 Å². The van der Waals surface area contributed by atoms with Crippen LogP contribution in [0.2, 0.25) is 0 Å². The summed E-state index contributed by atoms with van der Waals surface area (Å²) in [5.74, 6) is 0.884. The first-order valence-corrected chi connectivity index (χ1v) is 8.01. The largest absolute Gasteiger partial charge is 0.484 e. The zero-order chi connectivity index (χ0) is 16.9. The van der Waals surface area contributed by atoms with Gasteiger partial charge in [-0.3, -0.25) is 4.79 Å². The van der Waals surface area contributed by atoms with Crippen molar-refractivity contribution in [1.29, 1.82) is 0 Å². The summed E-state index contributed by atoms with van der Waals surface area (Å²) in [6.45, 7) is 4.29. The summed E-state index contributed by atoms with van der Waals surface area (Å²) in [6.07, 6.45) is 2.47. The van der Waals surface area contributed by atoms with Gasteiger partial charge in [0.1, 0.15) is 11.3 Å². The second-order valence-electron chi connectivity index (χ2n) is 5.75. The molecule has 0 aliphatic heterocycles. The Balaban J connectivity index is 1.55. The van der Waals surface area contributed by atoms with Gasteiger partial charge in [0.15, 0.2) is 18.6 Å². The maximum atomic E-state index is 12.0. The number of nitrogens with one attached hydrogen (secondary N) is 1. The molecule has 0 fully saturated rings. The number of hydrogen-bond acceptors (Lipinski definition) is 4. The molecule has 0 spiro atoms. The van der Waals surface area contributed by atoms with Gasteiger partial charge < -0.3 is 14.5 Å². The highest BCUT2D eigenvalue weighted by molar-refractivity contribution is 5.91. The molecule has 0 aliphatic carbocycles. The third kappa shape index (κ3) is 3.74. The quantitative estimate of drug-likeness (QED) is 0.732. The molecule has 5 heteroatoms. The molecular formula is C19H20N2O3. The topological polar surface area (TPSA) is 64.4 Å². The molecule has 1 aromatic heterocycles. The molecule has 5 nitrogen and oxygen atoms in total. The van der Waals surface area contributed by atoms with Gasteiger partial charge in [-0.15, -0.1) is 0 Å². The molecule has 2 aromatic carbocycles. The lowest BCUT2D eigenvalue weighted by Gasteiger charge is -2.11. The summed E-state index contributed by atoms with van der Waals surface area (Å²) >= 11 is 0. The van der Waals surface area contributed by atoms with Crippen LogP contribution in [0.25, 0.3) is 11.1 Å². The van der Waals surface area contributed by atoms with E-state index >= 15 is 0 Å². The number of carbonyl (C=O) groups excluding carboxylic acids is 1. The second kappa shape index (κ2) is 7.17. The van der Waals surface area contributed by atoms with Gasteiger partial charge >= 0.3 is 0 Å². The first-order chi connectivity index (χ1) is 11.7. The van der Waals surface area contributed by atoms with E-state index in [0.717, 1.165) is 17.6 Å². The number of carbonyl (C=O) groups is 1. The van der Waals surface area contributed by atoms with Crippen LogP contribution in [-0.4, -0.2) is 17.5 Å². The van der Waals surface area contributed by atoms with E-state index in [1.807, 2.05) is 24.3 Å². The normalized spacial score (nSPS) is 12.1. The highest BCUT2D eigenvalue weighted by Gasteiger charge is 2.07. The number of benzene rings is 2. The molecule has 3 aromatic rings. The molecule has 0 bridgehead atoms. The molecule has 124 valence electrons. The Bertz CT molecular complexity index is 824. The highest BCUT2D eigenvalue weighted by Crippen LogP contribution is 2.21. The van der Waals surface area contributed by atoms with E-state index in [1.54, 1.807) is 18.2 Å². The molecule has 0 aliphatic rings. The van der Waals surface area contributed by atoms with Crippen molar-refractivity contribution in [3.63, 3.8) is 0 Å². The lowest BCUT2D eigenvalue weighted by atomic mass is 9.99. The molecule has 3 rings (SSSR count). The number of ether oxygens (including phenoxy) is 1. The van der Waals surface area contributed by atoms with Gasteiger partial charge in [-0.25, -0.2) is 4.98 Å². The third-order valence-electron chi connectivity index (χ3n) is 4.05. The Labute approximate surface area is 140 Å². The van der Waals surface area contributed by atoms with E-state index in [2.05, 4.69) is 24.1 Å². The van der Waals surface area contributed by atoms with Crippen molar-refractivity contribution in [2.45, 2.75) is 26.2 Å². The molecule has 1 amide bonds. The van der Waals surface area contributed by atoms with Gasteiger partial charge in [0, 0.05) is 11.8 Å². The maximum absolute atomic E-state index is 12.0. The fourth-order valence-electron chi connectivity index (χ4n) is 2.40. The predicted molar refractivity (Wildman–Crippen MR) is 93.3 cm³/mol. The van der Waals surface area contributed by atoms with Gasteiger partial charge in [-0.2, -0.15) is 0 Å². The molecule has 0 saturated heterocycles. The summed E-state index contributed by atoms with van der Waals surface area (Å²) in [7, 11) is 0. The Kier molecular flexibility index (Phi) is 4.79. The maximum Gasteiger partial charge on any atom is 0.262 e. The second-order valence-corrected chi connectivity index (χ2v) is 5.75. The van der Waals surface area contributed by atoms with Crippen LogP contribution in [0.1, 0.15) is 31.7 Å². The first kappa shape index (κ1) is 16.1. The van der Waals surface area contributed by atoms with Crippen molar-refractivity contribution in [3.8, 4) is 5.75 Å². The summed E-state index contributed by atoms with van der Waals surface area (Å²) in [6, 6.07) is 13.2.